The normalized spacial score (nSPS) is 43.7. The molecule has 0 unspecified atom stereocenters. The van der Waals surface area contributed by atoms with Gasteiger partial charge in [-0.1, -0.05) is 38.2 Å². The van der Waals surface area contributed by atoms with Gasteiger partial charge in [-0.05, 0) is 82.6 Å². The number of allylic oxidation sites excluding steroid dienone is 2. The van der Waals surface area contributed by atoms with E-state index in [4.69, 9.17) is 18.9 Å². The number of carbonyl (C=O) groups excluding carboxylic acids is 1. The standard InChI is InChI=1S/C30H44O6/c1-20-7-10-23(26(2,3)24(20)12-9-22-14-18-33-25(22)31)11-8-21-13-15-30(34-19-21)28(6)16-17-29(32,36-30)27(4,5)35-28/h9,12,14,21,23-24,32H,1,7-8,10-11,13,15-19H2,2-6H3/b12-9+/t21-,23+,24+,28+,29+,30+/m1/s1. The first kappa shape index (κ1) is 26.1. The van der Waals surface area contributed by atoms with Crippen LogP contribution in [0.4, 0.5) is 0 Å². The molecule has 6 atom stereocenters. The van der Waals surface area contributed by atoms with E-state index in [0.717, 1.165) is 44.9 Å². The Labute approximate surface area is 216 Å². The number of hydrogen-bond donors (Lipinski definition) is 1. The first-order valence-corrected chi connectivity index (χ1v) is 13.8. The molecule has 2 bridgehead atoms. The fourth-order valence-electron chi connectivity index (χ4n) is 7.47. The van der Waals surface area contributed by atoms with Gasteiger partial charge in [0.1, 0.15) is 17.8 Å². The van der Waals surface area contributed by atoms with Crippen LogP contribution in [0.1, 0.15) is 86.0 Å². The summed E-state index contributed by atoms with van der Waals surface area (Å²) < 4.78 is 24.3. The molecule has 5 aliphatic heterocycles. The van der Waals surface area contributed by atoms with E-state index < -0.39 is 22.8 Å². The third-order valence-electron chi connectivity index (χ3n) is 10.2. The maximum absolute atomic E-state index is 11.8. The summed E-state index contributed by atoms with van der Waals surface area (Å²) in [4.78, 5) is 11.8. The Morgan fingerprint density at radius 1 is 1.08 bits per heavy atom. The Balaban J connectivity index is 1.19. The molecule has 0 aromatic rings. The van der Waals surface area contributed by atoms with E-state index in [2.05, 4.69) is 33.4 Å². The molecule has 1 spiro atoms. The Morgan fingerprint density at radius 3 is 2.50 bits per heavy atom. The second-order valence-electron chi connectivity index (χ2n) is 13.1. The summed E-state index contributed by atoms with van der Waals surface area (Å²) in [7, 11) is 0. The van der Waals surface area contributed by atoms with Crippen LogP contribution >= 0.6 is 0 Å². The van der Waals surface area contributed by atoms with Gasteiger partial charge in [-0.3, -0.25) is 0 Å². The van der Waals surface area contributed by atoms with Gasteiger partial charge >= 0.3 is 5.97 Å². The zero-order valence-corrected chi connectivity index (χ0v) is 22.7. The predicted molar refractivity (Wildman–Crippen MR) is 137 cm³/mol. The lowest BCUT2D eigenvalue weighted by atomic mass is 9.59. The molecule has 1 aliphatic carbocycles. The highest BCUT2D eigenvalue weighted by Gasteiger charge is 2.71. The van der Waals surface area contributed by atoms with Gasteiger partial charge in [-0.15, -0.1) is 0 Å². The highest BCUT2D eigenvalue weighted by Crippen LogP contribution is 2.59. The summed E-state index contributed by atoms with van der Waals surface area (Å²) in [5.74, 6) is -1.12. The number of rotatable bonds is 5. The largest absolute Gasteiger partial charge is 0.458 e. The number of ether oxygens (including phenoxy) is 4. The fourth-order valence-corrected chi connectivity index (χ4v) is 7.47. The number of fused-ring (bicyclic) bond motifs is 2. The lowest BCUT2D eigenvalue weighted by Gasteiger charge is -2.66. The molecule has 5 heterocycles. The van der Waals surface area contributed by atoms with E-state index in [-0.39, 0.29) is 17.3 Å². The van der Waals surface area contributed by atoms with Crippen LogP contribution in [0.2, 0.25) is 0 Å². The number of hydrogen-bond acceptors (Lipinski definition) is 6. The van der Waals surface area contributed by atoms with Gasteiger partial charge in [0.15, 0.2) is 5.79 Å². The van der Waals surface area contributed by atoms with Crippen LogP contribution in [0.15, 0.2) is 36.0 Å². The van der Waals surface area contributed by atoms with Crippen LogP contribution in [0.3, 0.4) is 0 Å². The van der Waals surface area contributed by atoms with Crippen molar-refractivity contribution in [3.8, 4) is 0 Å². The van der Waals surface area contributed by atoms with Crippen molar-refractivity contribution >= 4 is 5.97 Å². The topological polar surface area (TPSA) is 74.2 Å². The van der Waals surface area contributed by atoms with Gasteiger partial charge in [0.05, 0.1) is 12.2 Å². The van der Waals surface area contributed by atoms with Crippen molar-refractivity contribution in [2.24, 2.45) is 23.2 Å². The van der Waals surface area contributed by atoms with Gasteiger partial charge in [0, 0.05) is 18.8 Å². The van der Waals surface area contributed by atoms with Crippen LogP contribution in [0.5, 0.6) is 0 Å². The molecule has 6 rings (SSSR count). The monoisotopic (exact) mass is 500 g/mol. The quantitative estimate of drug-likeness (QED) is 0.391. The van der Waals surface area contributed by atoms with Gasteiger partial charge < -0.3 is 24.1 Å². The number of carbonyl (C=O) groups is 1. The second kappa shape index (κ2) is 8.79. The molecule has 6 aliphatic rings. The van der Waals surface area contributed by atoms with Crippen LogP contribution < -0.4 is 0 Å². The minimum absolute atomic E-state index is 0.0629. The lowest BCUT2D eigenvalue weighted by molar-refractivity contribution is -0.522. The molecule has 6 heteroatoms. The zero-order valence-electron chi connectivity index (χ0n) is 22.7. The maximum atomic E-state index is 11.8. The summed E-state index contributed by atoms with van der Waals surface area (Å²) in [5, 5.41) is 11.2. The highest BCUT2D eigenvalue weighted by molar-refractivity contribution is 5.93. The Morgan fingerprint density at radius 2 is 1.86 bits per heavy atom. The minimum atomic E-state index is -1.31. The highest BCUT2D eigenvalue weighted by atomic mass is 16.8. The second-order valence-corrected chi connectivity index (χ2v) is 13.1. The van der Waals surface area contributed by atoms with Crippen molar-refractivity contribution < 1.29 is 28.8 Å². The van der Waals surface area contributed by atoms with Crippen LogP contribution in [0.25, 0.3) is 0 Å². The zero-order chi connectivity index (χ0) is 26.0. The molecule has 1 N–H and O–H groups in total. The van der Waals surface area contributed by atoms with E-state index in [0.29, 0.717) is 37.0 Å². The number of cyclic esters (lactones) is 1. The molecule has 200 valence electrons. The van der Waals surface area contributed by atoms with E-state index >= 15 is 0 Å². The van der Waals surface area contributed by atoms with Crippen LogP contribution in [0, 0.1) is 23.2 Å². The molecule has 5 fully saturated rings. The molecule has 0 aromatic carbocycles. The first-order chi connectivity index (χ1) is 16.8. The molecule has 4 saturated heterocycles. The van der Waals surface area contributed by atoms with Crippen LogP contribution in [-0.2, 0) is 23.7 Å². The van der Waals surface area contributed by atoms with Crippen molar-refractivity contribution in [3.63, 3.8) is 0 Å². The van der Waals surface area contributed by atoms with Crippen molar-refractivity contribution in [2.45, 2.75) is 109 Å². The minimum Gasteiger partial charge on any atom is -0.458 e. The Kier molecular flexibility index (Phi) is 6.39. The SMILES string of the molecule is C=C1CC[C@@H](CC[C@@H]2CC[C@]3(OC2)O[C@@]2(O)CC[C@]3(C)OC2(C)C)C(C)(C)[C@H]1/C=C/C1=CCOC1=O. The van der Waals surface area contributed by atoms with Crippen LogP contribution in [-0.4, -0.2) is 47.1 Å². The van der Waals surface area contributed by atoms with Gasteiger partial charge in [0.25, 0.3) is 0 Å². The fraction of sp³-hybridized carbons (Fsp3) is 0.767. The molecular weight excluding hydrogens is 456 g/mol. The summed E-state index contributed by atoms with van der Waals surface area (Å²) in [6.45, 7) is 16.0. The molecular formula is C30H44O6. The average Bonchev–Trinajstić information content (AvgIpc) is 3.20. The maximum Gasteiger partial charge on any atom is 0.338 e. The predicted octanol–water partition coefficient (Wildman–Crippen LogP) is 5.60. The lowest BCUT2D eigenvalue weighted by Crippen LogP contribution is -2.78. The Hall–Kier alpha value is -1.47. The smallest absolute Gasteiger partial charge is 0.338 e. The molecule has 0 radical (unpaired) electrons. The molecule has 1 saturated carbocycles. The first-order valence-electron chi connectivity index (χ1n) is 13.8. The van der Waals surface area contributed by atoms with Gasteiger partial charge in [-0.2, -0.15) is 0 Å². The molecule has 36 heavy (non-hydrogen) atoms. The van der Waals surface area contributed by atoms with E-state index in [1.54, 1.807) is 0 Å². The van der Waals surface area contributed by atoms with E-state index in [1.807, 2.05) is 26.0 Å². The van der Waals surface area contributed by atoms with Gasteiger partial charge in [-0.25, -0.2) is 4.79 Å². The third kappa shape index (κ3) is 4.13. The van der Waals surface area contributed by atoms with Crippen molar-refractivity contribution in [1.82, 2.24) is 0 Å². The number of esters is 1. The van der Waals surface area contributed by atoms with Gasteiger partial charge in [0.2, 0.25) is 5.79 Å². The van der Waals surface area contributed by atoms with Crippen molar-refractivity contribution in [2.75, 3.05) is 13.2 Å². The summed E-state index contributed by atoms with van der Waals surface area (Å²) >= 11 is 0. The number of aliphatic hydroxyl groups is 1. The average molecular weight is 501 g/mol. The van der Waals surface area contributed by atoms with E-state index in [9.17, 15) is 9.90 Å². The summed E-state index contributed by atoms with van der Waals surface area (Å²) in [6.07, 6.45) is 13.4. The summed E-state index contributed by atoms with van der Waals surface area (Å²) in [6, 6.07) is 0. The Bertz CT molecular complexity index is 968. The van der Waals surface area contributed by atoms with E-state index in [1.165, 1.54) is 5.57 Å². The molecule has 0 amide bonds. The molecule has 6 nitrogen and oxygen atoms in total. The van der Waals surface area contributed by atoms with Crippen molar-refractivity contribution in [1.29, 1.82) is 0 Å². The molecule has 0 aromatic heterocycles. The third-order valence-corrected chi connectivity index (χ3v) is 10.2. The van der Waals surface area contributed by atoms with Crippen molar-refractivity contribution in [3.05, 3.63) is 36.0 Å². The summed E-state index contributed by atoms with van der Waals surface area (Å²) in [5.41, 5.74) is 0.674.